The van der Waals surface area contributed by atoms with E-state index in [9.17, 15) is 4.79 Å². The zero-order chi connectivity index (χ0) is 16.3. The molecule has 0 N–H and O–H groups in total. The van der Waals surface area contributed by atoms with E-state index in [1.165, 1.54) is 11.3 Å². The van der Waals surface area contributed by atoms with Crippen LogP contribution in [-0.4, -0.2) is 43.0 Å². The Bertz CT molecular complexity index is 491. The minimum absolute atomic E-state index is 0.208. The fourth-order valence-electron chi connectivity index (χ4n) is 3.02. The number of amides is 1. The lowest BCUT2D eigenvalue weighted by Gasteiger charge is -2.31. The molecule has 122 valence electrons. The van der Waals surface area contributed by atoms with Gasteiger partial charge in [-0.3, -0.25) is 4.79 Å². The first kappa shape index (κ1) is 16.8. The van der Waals surface area contributed by atoms with E-state index in [0.29, 0.717) is 11.8 Å². The molecule has 0 radical (unpaired) electrons. The Kier molecular flexibility index (Phi) is 5.43. The van der Waals surface area contributed by atoms with E-state index in [2.05, 4.69) is 30.9 Å². The van der Waals surface area contributed by atoms with Crippen LogP contribution in [0.4, 0.5) is 5.82 Å². The second kappa shape index (κ2) is 7.12. The molecule has 1 fully saturated rings. The van der Waals surface area contributed by atoms with Gasteiger partial charge in [0.1, 0.15) is 5.82 Å². The summed E-state index contributed by atoms with van der Waals surface area (Å²) < 4.78 is 0. The van der Waals surface area contributed by atoms with Gasteiger partial charge in [-0.15, -0.1) is 0 Å². The molecule has 1 aliphatic heterocycles. The first-order valence-corrected chi connectivity index (χ1v) is 8.30. The van der Waals surface area contributed by atoms with Crippen molar-refractivity contribution in [1.82, 2.24) is 9.88 Å². The third-order valence-electron chi connectivity index (χ3n) is 4.53. The Morgan fingerprint density at radius 2 is 1.95 bits per heavy atom. The molecule has 1 aromatic heterocycles. The number of carbonyl (C=O) groups excluding carboxylic acids is 1. The largest absolute Gasteiger partial charge is 0.363 e. The number of piperidine rings is 1. The number of rotatable bonds is 4. The topological polar surface area (TPSA) is 36.4 Å². The molecular weight excluding hydrogens is 274 g/mol. The molecule has 1 aliphatic rings. The molecule has 0 aliphatic carbocycles. The molecule has 0 spiro atoms. The van der Waals surface area contributed by atoms with Crippen LogP contribution >= 0.6 is 0 Å². The lowest BCUT2D eigenvalue weighted by atomic mass is 9.89. The Labute approximate surface area is 134 Å². The molecule has 0 unspecified atom stereocenters. The highest BCUT2D eigenvalue weighted by Gasteiger charge is 2.21. The maximum atomic E-state index is 11.4. The van der Waals surface area contributed by atoms with Crippen molar-refractivity contribution in [2.75, 3.05) is 32.1 Å². The van der Waals surface area contributed by atoms with Crippen molar-refractivity contribution in [3.05, 3.63) is 23.4 Å². The third kappa shape index (κ3) is 4.21. The highest BCUT2D eigenvalue weighted by Crippen LogP contribution is 2.25. The average Bonchev–Trinajstić information content (AvgIpc) is 2.47. The van der Waals surface area contributed by atoms with Gasteiger partial charge in [0.15, 0.2) is 0 Å². The van der Waals surface area contributed by atoms with Gasteiger partial charge in [-0.25, -0.2) is 4.98 Å². The number of anilines is 1. The number of nitrogens with zero attached hydrogens (tertiary/aromatic N) is 3. The molecule has 0 saturated carbocycles. The van der Waals surface area contributed by atoms with Gasteiger partial charge in [0.2, 0.25) is 5.91 Å². The van der Waals surface area contributed by atoms with Gasteiger partial charge in [0.25, 0.3) is 0 Å². The molecule has 2 heterocycles. The summed E-state index contributed by atoms with van der Waals surface area (Å²) in [7, 11) is 4.09. The van der Waals surface area contributed by atoms with Crippen LogP contribution in [0.5, 0.6) is 0 Å². The highest BCUT2D eigenvalue weighted by molar-refractivity contribution is 5.73. The van der Waals surface area contributed by atoms with Gasteiger partial charge in [0, 0.05) is 39.8 Å². The highest BCUT2D eigenvalue weighted by atomic mass is 16.2. The van der Waals surface area contributed by atoms with Gasteiger partial charge >= 0.3 is 0 Å². The van der Waals surface area contributed by atoms with E-state index in [4.69, 9.17) is 4.98 Å². The second-order valence-electron chi connectivity index (χ2n) is 6.96. The fourth-order valence-corrected chi connectivity index (χ4v) is 3.02. The van der Waals surface area contributed by atoms with Crippen LogP contribution in [0.15, 0.2) is 12.1 Å². The zero-order valence-electron chi connectivity index (χ0n) is 14.6. The third-order valence-corrected chi connectivity index (χ3v) is 4.53. The van der Waals surface area contributed by atoms with Gasteiger partial charge < -0.3 is 9.80 Å². The summed E-state index contributed by atoms with van der Waals surface area (Å²) in [5.74, 6) is 2.37. The van der Waals surface area contributed by atoms with E-state index in [1.54, 1.807) is 6.92 Å². The standard InChI is InChI=1S/C18H29N3O/c1-13(2)17-11-16(12-18(19-17)20(4)5)10-15-6-8-21(9-7-15)14(3)22/h11-13,15H,6-10H2,1-5H3. The smallest absolute Gasteiger partial charge is 0.219 e. The second-order valence-corrected chi connectivity index (χ2v) is 6.96. The molecule has 0 atom stereocenters. The molecule has 1 amide bonds. The molecule has 1 aromatic rings. The van der Waals surface area contributed by atoms with Crippen LogP contribution in [0, 0.1) is 5.92 Å². The summed E-state index contributed by atoms with van der Waals surface area (Å²) >= 11 is 0. The van der Waals surface area contributed by atoms with E-state index in [0.717, 1.165) is 38.2 Å². The van der Waals surface area contributed by atoms with E-state index in [-0.39, 0.29) is 5.91 Å². The van der Waals surface area contributed by atoms with Crippen LogP contribution in [0.2, 0.25) is 0 Å². The van der Waals surface area contributed by atoms with Crippen molar-refractivity contribution >= 4 is 11.7 Å². The fraction of sp³-hybridized carbons (Fsp3) is 0.667. The SMILES string of the molecule is CC(=O)N1CCC(Cc2cc(C(C)C)nc(N(C)C)c2)CC1. The van der Waals surface area contributed by atoms with E-state index in [1.807, 2.05) is 19.0 Å². The molecule has 22 heavy (non-hydrogen) atoms. The van der Waals surface area contributed by atoms with Gasteiger partial charge in [-0.2, -0.15) is 0 Å². The normalized spacial score (nSPS) is 16.2. The van der Waals surface area contributed by atoms with Crippen molar-refractivity contribution in [2.24, 2.45) is 5.92 Å². The van der Waals surface area contributed by atoms with Crippen molar-refractivity contribution in [1.29, 1.82) is 0 Å². The molecule has 0 aromatic carbocycles. The summed E-state index contributed by atoms with van der Waals surface area (Å²) in [6.45, 7) is 7.86. The number of hydrogen-bond acceptors (Lipinski definition) is 3. The molecule has 0 bridgehead atoms. The van der Waals surface area contributed by atoms with Gasteiger partial charge in [-0.1, -0.05) is 13.8 Å². The number of likely N-dealkylation sites (tertiary alicyclic amines) is 1. The monoisotopic (exact) mass is 303 g/mol. The zero-order valence-corrected chi connectivity index (χ0v) is 14.6. The summed E-state index contributed by atoms with van der Waals surface area (Å²) in [6.07, 6.45) is 3.31. The molecule has 4 heteroatoms. The maximum Gasteiger partial charge on any atom is 0.219 e. The summed E-state index contributed by atoms with van der Waals surface area (Å²) in [6, 6.07) is 4.47. The lowest BCUT2D eigenvalue weighted by molar-refractivity contribution is -0.130. The van der Waals surface area contributed by atoms with Crippen molar-refractivity contribution in [3.8, 4) is 0 Å². The van der Waals surface area contributed by atoms with Crippen molar-refractivity contribution in [3.63, 3.8) is 0 Å². The van der Waals surface area contributed by atoms with Crippen molar-refractivity contribution in [2.45, 2.75) is 46.0 Å². The number of carbonyl (C=O) groups is 1. The Morgan fingerprint density at radius 1 is 1.32 bits per heavy atom. The van der Waals surface area contributed by atoms with E-state index < -0.39 is 0 Å². The van der Waals surface area contributed by atoms with Crippen LogP contribution < -0.4 is 4.90 Å². The van der Waals surface area contributed by atoms with Gasteiger partial charge in [-0.05, 0) is 48.8 Å². The summed E-state index contributed by atoms with van der Waals surface area (Å²) in [4.78, 5) is 20.2. The average molecular weight is 303 g/mol. The number of hydrogen-bond donors (Lipinski definition) is 0. The summed E-state index contributed by atoms with van der Waals surface area (Å²) in [5, 5.41) is 0. The minimum atomic E-state index is 0.208. The molecule has 4 nitrogen and oxygen atoms in total. The first-order valence-electron chi connectivity index (χ1n) is 8.30. The lowest BCUT2D eigenvalue weighted by Crippen LogP contribution is -2.37. The first-order chi connectivity index (χ1) is 10.4. The molecular formula is C18H29N3O. The molecule has 2 rings (SSSR count). The Balaban J connectivity index is 2.08. The maximum absolute atomic E-state index is 11.4. The minimum Gasteiger partial charge on any atom is -0.363 e. The predicted octanol–water partition coefficient (Wildman–Crippen LogP) is 3.07. The summed E-state index contributed by atoms with van der Waals surface area (Å²) in [5.41, 5.74) is 2.55. The Hall–Kier alpha value is -1.58. The number of aromatic nitrogens is 1. The molecule has 1 saturated heterocycles. The van der Waals surface area contributed by atoms with E-state index >= 15 is 0 Å². The van der Waals surface area contributed by atoms with Crippen molar-refractivity contribution < 1.29 is 4.79 Å². The van der Waals surface area contributed by atoms with Crippen LogP contribution in [0.25, 0.3) is 0 Å². The Morgan fingerprint density at radius 3 is 2.45 bits per heavy atom. The van der Waals surface area contributed by atoms with Gasteiger partial charge in [0.05, 0.1) is 0 Å². The van der Waals surface area contributed by atoms with Crippen LogP contribution in [0.1, 0.15) is 50.8 Å². The quantitative estimate of drug-likeness (QED) is 0.857. The predicted molar refractivity (Wildman–Crippen MR) is 91.3 cm³/mol. The van der Waals surface area contributed by atoms with Crippen LogP contribution in [0.3, 0.4) is 0 Å². The van der Waals surface area contributed by atoms with Crippen LogP contribution in [-0.2, 0) is 11.2 Å². The number of pyridine rings is 1.